The van der Waals surface area contributed by atoms with Gasteiger partial charge in [-0.3, -0.25) is 0 Å². The first-order valence-electron chi connectivity index (χ1n) is 17.1. The summed E-state index contributed by atoms with van der Waals surface area (Å²) in [7, 11) is 0. The van der Waals surface area contributed by atoms with Gasteiger partial charge in [-0.2, -0.15) is 0 Å². The molecule has 0 fully saturated rings. The van der Waals surface area contributed by atoms with Crippen LogP contribution in [0, 0.1) is 23.7 Å². The third-order valence-corrected chi connectivity index (χ3v) is 9.64. The zero-order valence-corrected chi connectivity index (χ0v) is 34.9. The molecule has 0 rings (SSSR count). The molecule has 2 nitrogen and oxygen atoms in total. The Morgan fingerprint density at radius 1 is 0.463 bits per heavy atom. The van der Waals surface area contributed by atoms with Crippen LogP contribution in [0.15, 0.2) is 0 Å². The molecule has 0 aliphatic heterocycles. The minimum absolute atomic E-state index is 0. The maximum atomic E-state index is 5.32. The molecule has 0 radical (unpaired) electrons. The predicted octanol–water partition coefficient (Wildman–Crippen LogP) is 11.1. The topological polar surface area (TPSA) is 6.48 Å². The Labute approximate surface area is 293 Å². The molecule has 0 aliphatic rings. The second-order valence-corrected chi connectivity index (χ2v) is 14.1. The molecular weight excluding hydrogens is 630 g/mol. The monoisotopic (exact) mass is 696 g/mol. The number of rotatable bonds is 24. The molecule has 41 heavy (non-hydrogen) atoms. The number of hydrogen-bond acceptors (Lipinski definition) is 4. The fourth-order valence-corrected chi connectivity index (χ4v) is 5.96. The summed E-state index contributed by atoms with van der Waals surface area (Å²) in [6, 6.07) is 0. The van der Waals surface area contributed by atoms with E-state index in [9.17, 15) is 0 Å². The Bertz CT molecular complexity index is 507. The van der Waals surface area contributed by atoms with Gasteiger partial charge >= 0.3 is 19.5 Å². The molecule has 7 heteroatoms. The zero-order valence-electron chi connectivity index (χ0n) is 28.7. The van der Waals surface area contributed by atoms with Crippen molar-refractivity contribution in [3.8, 4) is 0 Å². The predicted molar refractivity (Wildman–Crippen MR) is 196 cm³/mol. The molecule has 0 heterocycles. The summed E-state index contributed by atoms with van der Waals surface area (Å²) in [6.07, 6.45) is 20.6. The Kier molecular flexibility index (Phi) is 36.4. The normalized spacial score (nSPS) is 13.7. The van der Waals surface area contributed by atoms with Gasteiger partial charge in [0, 0.05) is 26.2 Å². The van der Waals surface area contributed by atoms with Crippen LogP contribution in [0.1, 0.15) is 158 Å². The summed E-state index contributed by atoms with van der Waals surface area (Å²) in [4.78, 5) is 4.61. The summed E-state index contributed by atoms with van der Waals surface area (Å²) in [6.45, 7) is 22.5. The van der Waals surface area contributed by atoms with E-state index < -0.39 is 0 Å². The van der Waals surface area contributed by atoms with Crippen LogP contribution < -0.4 is 0 Å². The fourth-order valence-electron chi connectivity index (χ4n) is 5.36. The van der Waals surface area contributed by atoms with Crippen molar-refractivity contribution in [2.75, 3.05) is 26.2 Å². The summed E-state index contributed by atoms with van der Waals surface area (Å²) in [5.74, 6) is 3.00. The van der Waals surface area contributed by atoms with Gasteiger partial charge in [0.1, 0.15) is 0 Å². The standard InChI is InChI=1S/2C17H35NS2.Zn/c2*1-5-9-11-15(7-3)13-18(17(19)20)14-16(8-4)12-10-6-2;/h2*15-16H,5-14H2,1-4H3,(H,19,20);/q;;+2/p-2. The Morgan fingerprint density at radius 2 is 0.659 bits per heavy atom. The molecule has 0 aromatic carbocycles. The maximum absolute atomic E-state index is 5.32. The number of nitrogens with zero attached hydrogens (tertiary/aromatic N) is 2. The van der Waals surface area contributed by atoms with Crippen molar-refractivity contribution in [2.45, 2.75) is 158 Å². The largest absolute Gasteiger partial charge is 2.00 e. The van der Waals surface area contributed by atoms with Gasteiger partial charge < -0.3 is 59.5 Å². The third kappa shape index (κ3) is 25.8. The molecule has 240 valence electrons. The Balaban J connectivity index is -0.000000688. The Morgan fingerprint density at radius 3 is 0.780 bits per heavy atom. The minimum Gasteiger partial charge on any atom is -0.411 e. The number of hydrogen-bond donors (Lipinski definition) is 0. The first-order valence-corrected chi connectivity index (χ1v) is 18.7. The van der Waals surface area contributed by atoms with Crippen LogP contribution >= 0.6 is 24.4 Å². The Hall–Kier alpha value is 0.843. The van der Waals surface area contributed by atoms with Crippen LogP contribution in [0.2, 0.25) is 0 Å². The van der Waals surface area contributed by atoms with Crippen LogP contribution in [0.25, 0.3) is 0 Å². The maximum Gasteiger partial charge on any atom is 2.00 e. The molecule has 0 aliphatic carbocycles. The fraction of sp³-hybridized carbons (Fsp3) is 0.941. The van der Waals surface area contributed by atoms with E-state index in [1.165, 1.54) is 103 Å². The van der Waals surface area contributed by atoms with Crippen molar-refractivity contribution in [1.82, 2.24) is 9.80 Å². The van der Waals surface area contributed by atoms with E-state index in [0.717, 1.165) is 49.9 Å². The van der Waals surface area contributed by atoms with Crippen LogP contribution in [0.5, 0.6) is 0 Å². The van der Waals surface area contributed by atoms with E-state index in [-0.39, 0.29) is 19.5 Å². The van der Waals surface area contributed by atoms with Crippen molar-refractivity contribution in [2.24, 2.45) is 23.7 Å². The average molecular weight is 699 g/mol. The minimum atomic E-state index is 0. The smallest absolute Gasteiger partial charge is 0.411 e. The number of thiocarbonyl (C=S) groups is 2. The summed E-state index contributed by atoms with van der Waals surface area (Å²) in [5, 5.41) is 0. The molecule has 4 unspecified atom stereocenters. The van der Waals surface area contributed by atoms with E-state index in [1.807, 2.05) is 0 Å². The zero-order chi connectivity index (χ0) is 30.8. The molecule has 0 amide bonds. The average Bonchev–Trinajstić information content (AvgIpc) is 2.95. The molecule has 0 saturated heterocycles. The van der Waals surface area contributed by atoms with Gasteiger partial charge in [0.2, 0.25) is 0 Å². The molecule has 0 bridgehead atoms. The summed E-state index contributed by atoms with van der Waals surface area (Å²) >= 11 is 21.3. The van der Waals surface area contributed by atoms with Crippen molar-refractivity contribution < 1.29 is 19.5 Å². The van der Waals surface area contributed by atoms with Crippen LogP contribution in [-0.4, -0.2) is 44.6 Å². The summed E-state index contributed by atoms with van der Waals surface area (Å²) in [5.41, 5.74) is 0. The quantitative estimate of drug-likeness (QED) is 0.0558. The van der Waals surface area contributed by atoms with Gasteiger partial charge in [0.25, 0.3) is 0 Å². The first kappa shape index (κ1) is 46.3. The van der Waals surface area contributed by atoms with Crippen molar-refractivity contribution in [3.63, 3.8) is 0 Å². The molecule has 0 N–H and O–H groups in total. The SMILES string of the molecule is CCCCC(CC)CN(CC(CC)CCCC)C(=S)[S-].CCCCC(CC)CN(CC(CC)CCCC)C(=S)[S-].[Zn+2]. The second-order valence-electron chi connectivity index (χ2n) is 12.0. The second kappa shape index (κ2) is 32.2. The molecule has 0 aromatic rings. The van der Waals surface area contributed by atoms with Gasteiger partial charge in [-0.25, -0.2) is 0 Å². The van der Waals surface area contributed by atoms with Crippen LogP contribution in [0.4, 0.5) is 0 Å². The van der Waals surface area contributed by atoms with Gasteiger partial charge in [-0.1, -0.05) is 141 Å². The van der Waals surface area contributed by atoms with Crippen molar-refractivity contribution in [1.29, 1.82) is 0 Å². The van der Waals surface area contributed by atoms with Gasteiger partial charge in [0.05, 0.1) is 0 Å². The van der Waals surface area contributed by atoms with Gasteiger partial charge in [-0.15, -0.1) is 0 Å². The van der Waals surface area contributed by atoms with Crippen LogP contribution in [-0.2, 0) is 44.7 Å². The molecule has 0 saturated carbocycles. The van der Waals surface area contributed by atoms with E-state index in [2.05, 4.69) is 65.2 Å². The van der Waals surface area contributed by atoms with E-state index in [4.69, 9.17) is 49.7 Å². The van der Waals surface area contributed by atoms with Crippen LogP contribution in [0.3, 0.4) is 0 Å². The van der Waals surface area contributed by atoms with Gasteiger partial charge in [-0.05, 0) is 49.4 Å². The number of unbranched alkanes of at least 4 members (excludes halogenated alkanes) is 4. The van der Waals surface area contributed by atoms with Crippen molar-refractivity contribution in [3.05, 3.63) is 0 Å². The van der Waals surface area contributed by atoms with E-state index in [0.29, 0.717) is 8.64 Å². The first-order chi connectivity index (χ1) is 19.2. The van der Waals surface area contributed by atoms with Crippen molar-refractivity contribution >= 4 is 58.3 Å². The molecule has 0 aromatic heterocycles. The van der Waals surface area contributed by atoms with E-state index >= 15 is 0 Å². The molecular formula is C34H68N2S4Zn. The van der Waals surface area contributed by atoms with E-state index in [1.54, 1.807) is 0 Å². The third-order valence-electron chi connectivity index (χ3n) is 8.60. The summed E-state index contributed by atoms with van der Waals surface area (Å²) < 4.78 is 1.35. The molecule has 4 atom stereocenters. The van der Waals surface area contributed by atoms with Gasteiger partial charge in [0.15, 0.2) is 0 Å². The molecule has 0 spiro atoms.